The maximum atomic E-state index is 12.9. The van der Waals surface area contributed by atoms with Gasteiger partial charge in [-0.25, -0.2) is 0 Å². The second-order valence-corrected chi connectivity index (χ2v) is 18.8. The standard InChI is InChI=1S/C65H108O5/c1-4-7-10-13-16-19-22-25-28-31-32-33-36-39-42-45-48-51-54-57-60-68-61-63(70-65(67)59-56-53-50-47-44-41-38-35-30-27-24-21-18-15-12-9-6-3)62-69-64(66)58-55-52-49-46-43-40-37-34-29-26-23-20-17-14-11-8-5-2/h8-9,11-12,17-18,20-21,25-30,37-38,40-41,46,49,63H,4-7,10,13-16,19,22-24,31-36,39,42-45,47-48,50-62H2,1-3H3/b11-8-,12-9-,20-17-,21-18-,28-25-,29-26-,30-27-,40-37-,41-38-,49-46-. The number of allylic oxidation sites excluding steroid dienone is 20. The van der Waals surface area contributed by atoms with Gasteiger partial charge in [0, 0.05) is 19.4 Å². The molecule has 0 N–H and O–H groups in total. The number of hydrogen-bond donors (Lipinski definition) is 0. The highest BCUT2D eigenvalue weighted by Gasteiger charge is 2.17. The molecule has 0 spiro atoms. The molecule has 0 saturated carbocycles. The van der Waals surface area contributed by atoms with Gasteiger partial charge < -0.3 is 14.2 Å². The van der Waals surface area contributed by atoms with Gasteiger partial charge in [0.25, 0.3) is 0 Å². The van der Waals surface area contributed by atoms with Crippen LogP contribution >= 0.6 is 0 Å². The molecule has 0 aliphatic carbocycles. The Morgan fingerprint density at radius 1 is 0.329 bits per heavy atom. The summed E-state index contributed by atoms with van der Waals surface area (Å²) in [7, 11) is 0. The van der Waals surface area contributed by atoms with E-state index in [0.29, 0.717) is 19.4 Å². The van der Waals surface area contributed by atoms with Gasteiger partial charge in [0.15, 0.2) is 6.10 Å². The molecule has 5 heteroatoms. The lowest BCUT2D eigenvalue weighted by Crippen LogP contribution is -2.30. The average molecular weight is 970 g/mol. The zero-order chi connectivity index (χ0) is 50.6. The van der Waals surface area contributed by atoms with E-state index in [-0.39, 0.29) is 25.2 Å². The first kappa shape index (κ1) is 66.3. The van der Waals surface area contributed by atoms with Gasteiger partial charge in [0.1, 0.15) is 6.61 Å². The van der Waals surface area contributed by atoms with Crippen molar-refractivity contribution >= 4 is 11.9 Å². The lowest BCUT2D eigenvalue weighted by Gasteiger charge is -2.18. The van der Waals surface area contributed by atoms with Crippen LogP contribution in [-0.2, 0) is 23.8 Å². The molecule has 0 radical (unpaired) electrons. The van der Waals surface area contributed by atoms with Crippen LogP contribution in [0.3, 0.4) is 0 Å². The third-order valence-corrected chi connectivity index (χ3v) is 12.0. The smallest absolute Gasteiger partial charge is 0.306 e. The maximum absolute atomic E-state index is 12.9. The molecule has 398 valence electrons. The van der Waals surface area contributed by atoms with E-state index in [0.717, 1.165) is 116 Å². The zero-order valence-electron chi connectivity index (χ0n) is 45.7. The van der Waals surface area contributed by atoms with Crippen molar-refractivity contribution in [2.75, 3.05) is 19.8 Å². The predicted octanol–water partition coefficient (Wildman–Crippen LogP) is 20.1. The van der Waals surface area contributed by atoms with Gasteiger partial charge in [0.05, 0.1) is 6.61 Å². The van der Waals surface area contributed by atoms with Crippen molar-refractivity contribution in [2.45, 2.75) is 258 Å². The van der Waals surface area contributed by atoms with Crippen molar-refractivity contribution < 1.29 is 23.8 Å². The topological polar surface area (TPSA) is 61.8 Å². The second kappa shape index (κ2) is 59.6. The minimum Gasteiger partial charge on any atom is -0.462 e. The number of esters is 2. The summed E-state index contributed by atoms with van der Waals surface area (Å²) in [6.45, 7) is 7.51. The van der Waals surface area contributed by atoms with E-state index in [1.807, 2.05) is 0 Å². The quantitative estimate of drug-likeness (QED) is 0.0345. The number of unbranched alkanes of at least 4 members (excludes halogenated alkanes) is 21. The third kappa shape index (κ3) is 56.9. The highest BCUT2D eigenvalue weighted by atomic mass is 16.6. The molecule has 0 rings (SSSR count). The van der Waals surface area contributed by atoms with Gasteiger partial charge in [-0.2, -0.15) is 0 Å². The largest absolute Gasteiger partial charge is 0.462 e. The molecule has 0 heterocycles. The summed E-state index contributed by atoms with van der Waals surface area (Å²) in [5.41, 5.74) is 0. The van der Waals surface area contributed by atoms with Crippen molar-refractivity contribution in [2.24, 2.45) is 0 Å². The molecule has 70 heavy (non-hydrogen) atoms. The molecule has 0 amide bonds. The van der Waals surface area contributed by atoms with Crippen LogP contribution in [0.1, 0.15) is 252 Å². The summed E-state index contributed by atoms with van der Waals surface area (Å²) >= 11 is 0. The monoisotopic (exact) mass is 969 g/mol. The van der Waals surface area contributed by atoms with Gasteiger partial charge in [0.2, 0.25) is 0 Å². The number of rotatable bonds is 52. The molecule has 5 nitrogen and oxygen atoms in total. The van der Waals surface area contributed by atoms with Crippen LogP contribution in [0.5, 0.6) is 0 Å². The van der Waals surface area contributed by atoms with Gasteiger partial charge in [-0.05, 0) is 122 Å². The van der Waals surface area contributed by atoms with Gasteiger partial charge in [-0.1, -0.05) is 239 Å². The Kier molecular flexibility index (Phi) is 56.5. The highest BCUT2D eigenvalue weighted by molar-refractivity contribution is 5.70. The Morgan fingerprint density at radius 2 is 0.657 bits per heavy atom. The molecule has 0 aliphatic rings. The maximum Gasteiger partial charge on any atom is 0.306 e. The molecule has 1 atom stereocenters. The Morgan fingerprint density at radius 3 is 1.09 bits per heavy atom. The van der Waals surface area contributed by atoms with E-state index in [1.165, 1.54) is 103 Å². The first-order valence-corrected chi connectivity index (χ1v) is 29.1. The summed E-state index contributed by atoms with van der Waals surface area (Å²) in [5, 5.41) is 0. The number of carbonyl (C=O) groups excluding carboxylic acids is 2. The van der Waals surface area contributed by atoms with Gasteiger partial charge in [-0.15, -0.1) is 0 Å². The fourth-order valence-electron chi connectivity index (χ4n) is 7.71. The molecular weight excluding hydrogens is 861 g/mol. The molecule has 0 bridgehead atoms. The van der Waals surface area contributed by atoms with E-state index in [2.05, 4.69) is 142 Å². The predicted molar refractivity (Wildman–Crippen MR) is 306 cm³/mol. The number of hydrogen-bond acceptors (Lipinski definition) is 5. The van der Waals surface area contributed by atoms with Crippen molar-refractivity contribution in [3.8, 4) is 0 Å². The van der Waals surface area contributed by atoms with Crippen LogP contribution in [0.2, 0.25) is 0 Å². The molecule has 1 unspecified atom stereocenters. The molecule has 0 saturated heterocycles. The van der Waals surface area contributed by atoms with Crippen LogP contribution in [0.4, 0.5) is 0 Å². The molecule has 0 aliphatic heterocycles. The number of carbonyl (C=O) groups is 2. The summed E-state index contributed by atoms with van der Waals surface area (Å²) in [5.74, 6) is -0.495. The molecule has 0 fully saturated rings. The zero-order valence-corrected chi connectivity index (χ0v) is 45.7. The fraction of sp³-hybridized carbons (Fsp3) is 0.662. The Labute approximate surface area is 433 Å². The summed E-state index contributed by atoms with van der Waals surface area (Å²) in [6.07, 6.45) is 83.7. The second-order valence-electron chi connectivity index (χ2n) is 18.8. The van der Waals surface area contributed by atoms with Crippen molar-refractivity contribution in [1.29, 1.82) is 0 Å². The third-order valence-electron chi connectivity index (χ3n) is 12.0. The minimum absolute atomic E-state index is 0.0388. The van der Waals surface area contributed by atoms with Gasteiger partial charge >= 0.3 is 11.9 Å². The van der Waals surface area contributed by atoms with E-state index in [1.54, 1.807) is 0 Å². The first-order valence-electron chi connectivity index (χ1n) is 29.1. The Hall–Kier alpha value is -3.70. The van der Waals surface area contributed by atoms with Crippen molar-refractivity contribution in [3.05, 3.63) is 122 Å². The molecule has 0 aromatic rings. The first-order chi connectivity index (χ1) is 34.6. The van der Waals surface area contributed by atoms with Crippen LogP contribution < -0.4 is 0 Å². The van der Waals surface area contributed by atoms with Crippen LogP contribution in [0.15, 0.2) is 122 Å². The lowest BCUT2D eigenvalue weighted by molar-refractivity contribution is -0.163. The van der Waals surface area contributed by atoms with Crippen LogP contribution in [0, 0.1) is 0 Å². The molecule has 0 aromatic carbocycles. The van der Waals surface area contributed by atoms with E-state index in [9.17, 15) is 9.59 Å². The van der Waals surface area contributed by atoms with E-state index in [4.69, 9.17) is 14.2 Å². The Bertz CT molecular complexity index is 1420. The minimum atomic E-state index is -0.582. The van der Waals surface area contributed by atoms with Gasteiger partial charge in [-0.3, -0.25) is 9.59 Å². The molecule has 0 aromatic heterocycles. The fourth-order valence-corrected chi connectivity index (χ4v) is 7.71. The van der Waals surface area contributed by atoms with E-state index < -0.39 is 6.10 Å². The lowest BCUT2D eigenvalue weighted by atomic mass is 10.1. The van der Waals surface area contributed by atoms with Crippen LogP contribution in [-0.4, -0.2) is 37.9 Å². The van der Waals surface area contributed by atoms with Crippen molar-refractivity contribution in [3.63, 3.8) is 0 Å². The normalized spacial score (nSPS) is 13.1. The average Bonchev–Trinajstić information content (AvgIpc) is 3.36. The van der Waals surface area contributed by atoms with E-state index >= 15 is 0 Å². The number of ether oxygens (including phenoxy) is 3. The summed E-state index contributed by atoms with van der Waals surface area (Å²) in [6, 6.07) is 0. The van der Waals surface area contributed by atoms with Crippen LogP contribution in [0.25, 0.3) is 0 Å². The summed E-state index contributed by atoms with van der Waals surface area (Å²) in [4.78, 5) is 25.5. The SMILES string of the molecule is CC/C=C\C/C=C\C/C=C\C/C=C\C/C=C\CCCC(=O)OCC(COCCCCCCCCCCCC/C=C\CCCCCCCC)OC(=O)CCCCCC/C=C\C/C=C\C/C=C\C/C=C\CC. The summed E-state index contributed by atoms with van der Waals surface area (Å²) < 4.78 is 17.4. The Balaban J connectivity index is 4.41. The molecular formula is C65H108O5. The highest BCUT2D eigenvalue weighted by Crippen LogP contribution is 2.14. The van der Waals surface area contributed by atoms with Crippen molar-refractivity contribution in [1.82, 2.24) is 0 Å².